The van der Waals surface area contributed by atoms with Gasteiger partial charge in [0.25, 0.3) is 5.91 Å². The zero-order valence-corrected chi connectivity index (χ0v) is 13.1. The van der Waals surface area contributed by atoms with E-state index in [1.54, 1.807) is 13.0 Å². The fourth-order valence-corrected chi connectivity index (χ4v) is 2.03. The van der Waals surface area contributed by atoms with Crippen LogP contribution in [0.25, 0.3) is 0 Å². The molecule has 0 bridgehead atoms. The molecule has 0 saturated carbocycles. The fraction of sp³-hybridized carbons (Fsp3) is 0.312. The van der Waals surface area contributed by atoms with Gasteiger partial charge >= 0.3 is 6.09 Å². The summed E-state index contributed by atoms with van der Waals surface area (Å²) >= 11 is 0. The number of rotatable bonds is 4. The van der Waals surface area contributed by atoms with Crippen LogP contribution in [0.2, 0.25) is 0 Å². The second-order valence-electron chi connectivity index (χ2n) is 4.76. The van der Waals surface area contributed by atoms with Crippen molar-refractivity contribution in [2.75, 3.05) is 11.9 Å². The molecule has 22 heavy (non-hydrogen) atoms. The van der Waals surface area contributed by atoms with Crippen molar-refractivity contribution >= 4 is 17.7 Å². The lowest BCUT2D eigenvalue weighted by Gasteiger charge is -2.11. The normalized spacial score (nSPS) is 10.6. The summed E-state index contributed by atoms with van der Waals surface area (Å²) in [4.78, 5) is 22.9. The summed E-state index contributed by atoms with van der Waals surface area (Å²) in [6, 6.07) is 5.74. The van der Waals surface area contributed by atoms with Crippen LogP contribution in [0.1, 0.15) is 23.6 Å². The average molecular weight is 301 g/mol. The van der Waals surface area contributed by atoms with Gasteiger partial charge in [-0.2, -0.15) is 5.26 Å². The molecule has 0 spiro atoms. The van der Waals surface area contributed by atoms with E-state index in [1.165, 1.54) is 6.20 Å². The maximum Gasteiger partial charge on any atom is 0.414 e. The van der Waals surface area contributed by atoms with E-state index in [0.717, 1.165) is 22.4 Å². The topological polar surface area (TPSA) is 91.2 Å². The molecule has 0 aromatic heterocycles. The molecule has 0 atom stereocenters. The van der Waals surface area contributed by atoms with Crippen LogP contribution in [0.3, 0.4) is 0 Å². The molecule has 116 valence electrons. The molecule has 0 fully saturated rings. The number of amides is 2. The Balaban J connectivity index is 2.89. The second-order valence-corrected chi connectivity index (χ2v) is 4.76. The van der Waals surface area contributed by atoms with Gasteiger partial charge in [-0.05, 0) is 38.8 Å². The van der Waals surface area contributed by atoms with Crippen LogP contribution in [0.5, 0.6) is 0 Å². The molecule has 1 rings (SSSR count). The maximum absolute atomic E-state index is 11.8. The van der Waals surface area contributed by atoms with Crippen molar-refractivity contribution in [2.24, 2.45) is 0 Å². The highest BCUT2D eigenvalue weighted by atomic mass is 16.5. The second kappa shape index (κ2) is 7.84. The highest BCUT2D eigenvalue weighted by Crippen LogP contribution is 2.22. The molecule has 0 aliphatic carbocycles. The minimum atomic E-state index is -0.878. The Labute approximate surface area is 129 Å². The van der Waals surface area contributed by atoms with Crippen molar-refractivity contribution in [1.29, 1.82) is 5.26 Å². The maximum atomic E-state index is 11.8. The van der Waals surface area contributed by atoms with Gasteiger partial charge in [0.1, 0.15) is 11.6 Å². The molecule has 2 amide bonds. The molecule has 0 unspecified atom stereocenters. The third-order valence-electron chi connectivity index (χ3n) is 2.89. The number of nitriles is 1. The van der Waals surface area contributed by atoms with Crippen LogP contribution < -0.4 is 10.6 Å². The number of benzene rings is 1. The van der Waals surface area contributed by atoms with Crippen LogP contribution in [0.4, 0.5) is 10.5 Å². The van der Waals surface area contributed by atoms with Gasteiger partial charge in [-0.3, -0.25) is 10.1 Å². The van der Waals surface area contributed by atoms with Crippen molar-refractivity contribution in [2.45, 2.75) is 27.7 Å². The molecule has 1 aromatic rings. The Morgan fingerprint density at radius 2 is 1.86 bits per heavy atom. The average Bonchev–Trinajstić information content (AvgIpc) is 2.41. The SMILES string of the molecule is CCOC(=O)NC(=O)C(C#N)=CNc1c(C)cc(C)cc1C. The third-order valence-corrected chi connectivity index (χ3v) is 2.89. The Kier molecular flexibility index (Phi) is 6.14. The van der Waals surface area contributed by atoms with E-state index in [1.807, 2.05) is 38.2 Å². The number of nitrogens with zero attached hydrogens (tertiary/aromatic N) is 1. The Morgan fingerprint density at radius 1 is 1.27 bits per heavy atom. The lowest BCUT2D eigenvalue weighted by Crippen LogP contribution is -2.32. The van der Waals surface area contributed by atoms with E-state index in [4.69, 9.17) is 5.26 Å². The predicted molar refractivity (Wildman–Crippen MR) is 83.1 cm³/mol. The standard InChI is InChI=1S/C16H19N3O3/c1-5-22-16(21)19-15(20)13(8-17)9-18-14-11(3)6-10(2)7-12(14)4/h6-7,9,18H,5H2,1-4H3,(H,19,20,21). The highest BCUT2D eigenvalue weighted by Gasteiger charge is 2.13. The minimum absolute atomic E-state index is 0.144. The van der Waals surface area contributed by atoms with E-state index in [9.17, 15) is 9.59 Å². The summed E-state index contributed by atoms with van der Waals surface area (Å²) in [6.45, 7) is 7.62. The zero-order valence-electron chi connectivity index (χ0n) is 13.1. The van der Waals surface area contributed by atoms with Crippen LogP contribution in [-0.2, 0) is 9.53 Å². The lowest BCUT2D eigenvalue weighted by molar-refractivity contribution is -0.116. The minimum Gasteiger partial charge on any atom is -0.450 e. The van der Waals surface area contributed by atoms with E-state index < -0.39 is 12.0 Å². The van der Waals surface area contributed by atoms with Gasteiger partial charge in [-0.15, -0.1) is 0 Å². The largest absolute Gasteiger partial charge is 0.450 e. The van der Waals surface area contributed by atoms with Gasteiger partial charge < -0.3 is 10.1 Å². The van der Waals surface area contributed by atoms with Crippen molar-refractivity contribution in [3.8, 4) is 6.07 Å². The summed E-state index contributed by atoms with van der Waals surface area (Å²) in [5.74, 6) is -0.809. The summed E-state index contributed by atoms with van der Waals surface area (Å²) < 4.78 is 4.59. The third kappa shape index (κ3) is 4.63. The molecule has 2 N–H and O–H groups in total. The molecular weight excluding hydrogens is 282 g/mol. The number of aryl methyl sites for hydroxylation is 3. The van der Waals surface area contributed by atoms with E-state index in [-0.39, 0.29) is 12.2 Å². The number of carbonyl (C=O) groups excluding carboxylic acids is 2. The van der Waals surface area contributed by atoms with Gasteiger partial charge in [0, 0.05) is 11.9 Å². The smallest absolute Gasteiger partial charge is 0.414 e. The Hall–Kier alpha value is -2.81. The number of carbonyl (C=O) groups is 2. The van der Waals surface area contributed by atoms with Crippen LogP contribution >= 0.6 is 0 Å². The molecular formula is C16H19N3O3. The summed E-state index contributed by atoms with van der Waals surface area (Å²) in [7, 11) is 0. The molecule has 0 heterocycles. The van der Waals surface area contributed by atoms with Crippen LogP contribution in [0, 0.1) is 32.1 Å². The fourth-order valence-electron chi connectivity index (χ4n) is 2.03. The lowest BCUT2D eigenvalue weighted by atomic mass is 10.1. The summed E-state index contributed by atoms with van der Waals surface area (Å²) in [5, 5.41) is 14.0. The molecule has 0 aliphatic heterocycles. The first-order valence-electron chi connectivity index (χ1n) is 6.81. The number of hydrogen-bond donors (Lipinski definition) is 2. The molecule has 6 nitrogen and oxygen atoms in total. The molecule has 0 radical (unpaired) electrons. The van der Waals surface area contributed by atoms with Gasteiger partial charge in [-0.25, -0.2) is 4.79 Å². The summed E-state index contributed by atoms with van der Waals surface area (Å²) in [6.07, 6.45) is 0.399. The number of nitrogens with one attached hydrogen (secondary N) is 2. The van der Waals surface area contributed by atoms with Crippen LogP contribution in [0.15, 0.2) is 23.9 Å². The van der Waals surface area contributed by atoms with Gasteiger partial charge in [0.15, 0.2) is 0 Å². The van der Waals surface area contributed by atoms with Crippen molar-refractivity contribution in [3.05, 3.63) is 40.6 Å². The predicted octanol–water partition coefficient (Wildman–Crippen LogP) is 2.70. The number of ether oxygens (including phenoxy) is 1. The first-order valence-corrected chi connectivity index (χ1v) is 6.81. The van der Waals surface area contributed by atoms with E-state index in [2.05, 4.69) is 10.1 Å². The first kappa shape index (κ1) is 17.2. The van der Waals surface area contributed by atoms with Gasteiger partial charge in [0.2, 0.25) is 0 Å². The van der Waals surface area contributed by atoms with Gasteiger partial charge in [0.05, 0.1) is 6.61 Å². The zero-order chi connectivity index (χ0) is 16.7. The van der Waals surface area contributed by atoms with E-state index >= 15 is 0 Å². The Bertz CT molecular complexity index is 634. The summed E-state index contributed by atoms with van der Waals surface area (Å²) in [5.41, 5.74) is 3.73. The number of imide groups is 1. The van der Waals surface area contributed by atoms with Crippen molar-refractivity contribution < 1.29 is 14.3 Å². The molecule has 1 aromatic carbocycles. The Morgan fingerprint density at radius 3 is 2.36 bits per heavy atom. The molecule has 0 aliphatic rings. The number of anilines is 1. The highest BCUT2D eigenvalue weighted by molar-refractivity contribution is 6.05. The monoisotopic (exact) mass is 301 g/mol. The van der Waals surface area contributed by atoms with Crippen molar-refractivity contribution in [1.82, 2.24) is 5.32 Å². The van der Waals surface area contributed by atoms with E-state index in [0.29, 0.717) is 0 Å². The molecule has 0 saturated heterocycles. The van der Waals surface area contributed by atoms with Gasteiger partial charge in [-0.1, -0.05) is 17.7 Å². The number of hydrogen-bond acceptors (Lipinski definition) is 5. The number of alkyl carbamates (subject to hydrolysis) is 1. The quantitative estimate of drug-likeness (QED) is 0.659. The van der Waals surface area contributed by atoms with Crippen LogP contribution in [-0.4, -0.2) is 18.6 Å². The van der Waals surface area contributed by atoms with Crippen molar-refractivity contribution in [3.63, 3.8) is 0 Å². The first-order chi connectivity index (χ1) is 10.4. The molecule has 6 heteroatoms.